The number of rotatable bonds is 7. The first-order valence-electron chi connectivity index (χ1n) is 6.86. The summed E-state index contributed by atoms with van der Waals surface area (Å²) in [5, 5.41) is 7.88. The average molecular weight is 332 g/mol. The number of likely N-dealkylation sites (N-methyl/N-ethyl adjacent to an activating group) is 1. The van der Waals surface area contributed by atoms with Crippen LogP contribution in [-0.2, 0) is 18.2 Å². The summed E-state index contributed by atoms with van der Waals surface area (Å²) in [4.78, 5) is 0. The summed E-state index contributed by atoms with van der Waals surface area (Å²) in [6.07, 6.45) is 2.86. The number of aryl methyl sites for hydroxylation is 2. The van der Waals surface area contributed by atoms with Crippen LogP contribution in [0.25, 0.3) is 0 Å². The van der Waals surface area contributed by atoms with Gasteiger partial charge in [0.2, 0.25) is 0 Å². The van der Waals surface area contributed by atoms with Gasteiger partial charge in [0.1, 0.15) is 0 Å². The molecule has 0 radical (unpaired) electrons. The van der Waals surface area contributed by atoms with Crippen molar-refractivity contribution in [2.45, 2.75) is 51.7 Å². The van der Waals surface area contributed by atoms with E-state index < -0.39 is 0 Å². The second-order valence-electron chi connectivity index (χ2n) is 4.99. The van der Waals surface area contributed by atoms with Crippen LogP contribution in [0.15, 0.2) is 4.47 Å². The van der Waals surface area contributed by atoms with Crippen molar-refractivity contribution < 1.29 is 4.74 Å². The lowest BCUT2D eigenvalue weighted by atomic mass is 9.85. The quantitative estimate of drug-likeness (QED) is 0.835. The van der Waals surface area contributed by atoms with Crippen LogP contribution in [-0.4, -0.2) is 35.6 Å². The molecular formula is C14H26BrN3O. The van der Waals surface area contributed by atoms with E-state index in [0.29, 0.717) is 0 Å². The molecule has 110 valence electrons. The van der Waals surface area contributed by atoms with E-state index in [1.54, 1.807) is 7.11 Å². The third kappa shape index (κ3) is 3.20. The van der Waals surface area contributed by atoms with Gasteiger partial charge in [-0.25, -0.2) is 0 Å². The highest BCUT2D eigenvalue weighted by molar-refractivity contribution is 9.10. The highest BCUT2D eigenvalue weighted by atomic mass is 79.9. The van der Waals surface area contributed by atoms with Crippen molar-refractivity contribution >= 4 is 15.9 Å². The first-order chi connectivity index (χ1) is 8.95. The molecule has 0 saturated heterocycles. The standard InChI is InChI=1S/C14H26BrN3O/c1-7-14(8-2,19-6)12(16-4)9-11-13(15)10(3)17-18(11)5/h12,16H,7-9H2,1-6H3. The van der Waals surface area contributed by atoms with Gasteiger partial charge >= 0.3 is 0 Å². The lowest BCUT2D eigenvalue weighted by Gasteiger charge is -2.38. The fourth-order valence-corrected chi connectivity index (χ4v) is 3.32. The monoisotopic (exact) mass is 331 g/mol. The van der Waals surface area contributed by atoms with E-state index >= 15 is 0 Å². The van der Waals surface area contributed by atoms with Crippen LogP contribution in [0.4, 0.5) is 0 Å². The Bertz CT molecular complexity index is 405. The van der Waals surface area contributed by atoms with E-state index in [4.69, 9.17) is 4.74 Å². The molecule has 1 aromatic heterocycles. The largest absolute Gasteiger partial charge is 0.377 e. The maximum Gasteiger partial charge on any atom is 0.0829 e. The lowest BCUT2D eigenvalue weighted by Crippen LogP contribution is -2.51. The Morgan fingerprint density at radius 2 is 2.00 bits per heavy atom. The third-order valence-electron chi connectivity index (χ3n) is 4.25. The van der Waals surface area contributed by atoms with Gasteiger partial charge in [-0.1, -0.05) is 13.8 Å². The molecule has 0 bridgehead atoms. The summed E-state index contributed by atoms with van der Waals surface area (Å²) in [5.74, 6) is 0. The van der Waals surface area contributed by atoms with Gasteiger partial charge in [0.05, 0.1) is 21.5 Å². The SMILES string of the molecule is CCC(CC)(OC)C(Cc1c(Br)c(C)nn1C)NC. The van der Waals surface area contributed by atoms with Crippen molar-refractivity contribution in [2.24, 2.45) is 7.05 Å². The second kappa shape index (κ2) is 6.86. The number of halogens is 1. The van der Waals surface area contributed by atoms with Crippen LogP contribution in [0.3, 0.4) is 0 Å². The molecule has 0 aliphatic rings. The molecule has 1 atom stereocenters. The molecular weight excluding hydrogens is 306 g/mol. The molecule has 1 unspecified atom stereocenters. The van der Waals surface area contributed by atoms with Crippen LogP contribution < -0.4 is 5.32 Å². The average Bonchev–Trinajstić information content (AvgIpc) is 2.65. The van der Waals surface area contributed by atoms with Gasteiger partial charge in [0.15, 0.2) is 0 Å². The zero-order valence-corrected chi connectivity index (χ0v) is 14.5. The molecule has 1 N–H and O–H groups in total. The summed E-state index contributed by atoms with van der Waals surface area (Å²) >= 11 is 3.64. The van der Waals surface area contributed by atoms with Gasteiger partial charge < -0.3 is 10.1 Å². The van der Waals surface area contributed by atoms with E-state index in [0.717, 1.165) is 29.4 Å². The van der Waals surface area contributed by atoms with Crippen LogP contribution in [0.1, 0.15) is 38.1 Å². The van der Waals surface area contributed by atoms with Gasteiger partial charge in [-0.05, 0) is 42.7 Å². The van der Waals surface area contributed by atoms with Crippen molar-refractivity contribution in [1.29, 1.82) is 0 Å². The van der Waals surface area contributed by atoms with E-state index in [1.807, 2.05) is 25.7 Å². The summed E-state index contributed by atoms with van der Waals surface area (Å²) in [6, 6.07) is 0.263. The first-order valence-corrected chi connectivity index (χ1v) is 7.65. The van der Waals surface area contributed by atoms with Crippen molar-refractivity contribution in [2.75, 3.05) is 14.2 Å². The molecule has 1 rings (SSSR count). The Balaban J connectivity index is 3.05. The normalized spacial score (nSPS) is 13.8. The van der Waals surface area contributed by atoms with Crippen molar-refractivity contribution in [3.8, 4) is 0 Å². The molecule has 19 heavy (non-hydrogen) atoms. The number of ether oxygens (including phenoxy) is 1. The summed E-state index contributed by atoms with van der Waals surface area (Å²) in [6.45, 7) is 6.38. The van der Waals surface area contributed by atoms with Gasteiger partial charge in [-0.3, -0.25) is 4.68 Å². The molecule has 0 amide bonds. The lowest BCUT2D eigenvalue weighted by molar-refractivity contribution is -0.0458. The Labute approximate surface area is 125 Å². The molecule has 1 heterocycles. The number of nitrogens with one attached hydrogen (secondary N) is 1. The van der Waals surface area contributed by atoms with Crippen LogP contribution in [0, 0.1) is 6.92 Å². The predicted molar refractivity (Wildman–Crippen MR) is 82.5 cm³/mol. The maximum atomic E-state index is 5.84. The van der Waals surface area contributed by atoms with Gasteiger partial charge in [-0.2, -0.15) is 5.10 Å². The molecule has 0 saturated carbocycles. The zero-order chi connectivity index (χ0) is 14.6. The topological polar surface area (TPSA) is 39.1 Å². The zero-order valence-electron chi connectivity index (χ0n) is 12.9. The van der Waals surface area contributed by atoms with Gasteiger partial charge in [0.25, 0.3) is 0 Å². The van der Waals surface area contributed by atoms with Gasteiger partial charge in [0, 0.05) is 26.6 Å². The van der Waals surface area contributed by atoms with Crippen molar-refractivity contribution in [3.63, 3.8) is 0 Å². The van der Waals surface area contributed by atoms with Gasteiger partial charge in [-0.15, -0.1) is 0 Å². The minimum atomic E-state index is -0.133. The molecule has 5 heteroatoms. The molecule has 4 nitrogen and oxygen atoms in total. The maximum absolute atomic E-state index is 5.84. The molecule has 0 aliphatic heterocycles. The molecule has 0 aromatic carbocycles. The van der Waals surface area contributed by atoms with E-state index in [1.165, 1.54) is 5.69 Å². The van der Waals surface area contributed by atoms with Crippen LogP contribution in [0.5, 0.6) is 0 Å². The highest BCUT2D eigenvalue weighted by Gasteiger charge is 2.35. The Hall–Kier alpha value is -0.390. The second-order valence-corrected chi connectivity index (χ2v) is 5.78. The van der Waals surface area contributed by atoms with E-state index in [9.17, 15) is 0 Å². The molecule has 0 spiro atoms. The summed E-state index contributed by atoms with van der Waals surface area (Å²) < 4.78 is 8.90. The fraction of sp³-hybridized carbons (Fsp3) is 0.786. The minimum absolute atomic E-state index is 0.133. The van der Waals surface area contributed by atoms with Crippen LogP contribution in [0.2, 0.25) is 0 Å². The molecule has 0 fully saturated rings. The van der Waals surface area contributed by atoms with Crippen molar-refractivity contribution in [1.82, 2.24) is 15.1 Å². The van der Waals surface area contributed by atoms with Crippen LogP contribution >= 0.6 is 15.9 Å². The Kier molecular flexibility index (Phi) is 6.02. The Morgan fingerprint density at radius 1 is 1.42 bits per heavy atom. The van der Waals surface area contributed by atoms with E-state index in [-0.39, 0.29) is 11.6 Å². The van der Waals surface area contributed by atoms with Crippen molar-refractivity contribution in [3.05, 3.63) is 15.9 Å². The van der Waals surface area contributed by atoms with E-state index in [2.05, 4.69) is 40.2 Å². The third-order valence-corrected chi connectivity index (χ3v) is 5.28. The smallest absolute Gasteiger partial charge is 0.0829 e. The predicted octanol–water partition coefficient (Wildman–Crippen LogP) is 2.83. The molecule has 0 aliphatic carbocycles. The molecule has 1 aromatic rings. The summed E-state index contributed by atoms with van der Waals surface area (Å²) in [7, 11) is 5.80. The number of hydrogen-bond donors (Lipinski definition) is 1. The number of hydrogen-bond acceptors (Lipinski definition) is 3. The highest BCUT2D eigenvalue weighted by Crippen LogP contribution is 2.29. The first kappa shape index (κ1) is 16.7. The fourth-order valence-electron chi connectivity index (χ4n) is 2.82. The minimum Gasteiger partial charge on any atom is -0.377 e. The number of aromatic nitrogens is 2. The summed E-state index contributed by atoms with van der Waals surface area (Å²) in [5.41, 5.74) is 2.11. The Morgan fingerprint density at radius 3 is 2.32 bits per heavy atom. The number of nitrogens with zero attached hydrogens (tertiary/aromatic N) is 2. The number of methoxy groups -OCH3 is 1.